The molecule has 3 aromatic heterocycles. The molecule has 0 fully saturated rings. The number of esters is 1. The van der Waals surface area contributed by atoms with Crippen LogP contribution in [0.1, 0.15) is 29.5 Å². The molecule has 1 N–H and O–H groups in total. The van der Waals surface area contributed by atoms with Gasteiger partial charge in [0.05, 0.1) is 35.5 Å². The minimum Gasteiger partial charge on any atom is -0.466 e. The number of hydrogen-bond donors (Lipinski definition) is 1. The molecule has 0 saturated carbocycles. The number of aryl methyl sites for hydroxylation is 2. The van der Waals surface area contributed by atoms with Gasteiger partial charge in [-0.3, -0.25) is 19.0 Å². The van der Waals surface area contributed by atoms with E-state index in [2.05, 4.69) is 10.3 Å². The average Bonchev–Trinajstić information content (AvgIpc) is 3.55. The van der Waals surface area contributed by atoms with Crippen LogP contribution in [0.25, 0.3) is 15.9 Å². The number of benzene rings is 1. The monoisotopic (exact) mass is 526 g/mol. The number of amides is 1. The molecule has 35 heavy (non-hydrogen) atoms. The number of para-hydroxylation sites is 1. The number of carbonyl (C=O) groups excluding carboxylic acids is 2. The summed E-state index contributed by atoms with van der Waals surface area (Å²) in [5.41, 5.74) is 2.30. The Morgan fingerprint density at radius 1 is 1.20 bits per heavy atom. The number of thioether (sulfide) groups is 1. The van der Waals surface area contributed by atoms with Gasteiger partial charge in [-0.05, 0) is 43.9 Å². The summed E-state index contributed by atoms with van der Waals surface area (Å²) < 4.78 is 6.54. The summed E-state index contributed by atoms with van der Waals surface area (Å²) in [7, 11) is 0. The molecule has 3 heterocycles. The van der Waals surface area contributed by atoms with Crippen molar-refractivity contribution < 1.29 is 14.3 Å². The first-order valence-corrected chi connectivity index (χ1v) is 13.9. The van der Waals surface area contributed by atoms with Crippen molar-refractivity contribution in [1.29, 1.82) is 0 Å². The van der Waals surface area contributed by atoms with Crippen LogP contribution in [0, 0.1) is 0 Å². The Morgan fingerprint density at radius 2 is 2.03 bits per heavy atom. The maximum Gasteiger partial charge on any atom is 0.311 e. The van der Waals surface area contributed by atoms with Crippen LogP contribution >= 0.6 is 34.4 Å². The van der Waals surface area contributed by atoms with Crippen LogP contribution in [0.4, 0.5) is 5.13 Å². The highest BCUT2D eigenvalue weighted by atomic mass is 32.2. The molecule has 0 unspecified atom stereocenters. The van der Waals surface area contributed by atoms with Gasteiger partial charge in [-0.25, -0.2) is 9.97 Å². The SMILES string of the molecule is CCOC(=O)Cc1csc(NC(=O)CSc2nc3sc4c(c3c(=O)n2-c2ccccc2)CCC4)n1. The van der Waals surface area contributed by atoms with Gasteiger partial charge in [0.2, 0.25) is 5.91 Å². The van der Waals surface area contributed by atoms with Gasteiger partial charge >= 0.3 is 5.97 Å². The molecule has 8 nitrogen and oxygen atoms in total. The van der Waals surface area contributed by atoms with Crippen molar-refractivity contribution in [3.05, 3.63) is 62.2 Å². The smallest absolute Gasteiger partial charge is 0.311 e. The first kappa shape index (κ1) is 23.7. The van der Waals surface area contributed by atoms with E-state index < -0.39 is 0 Å². The van der Waals surface area contributed by atoms with Crippen molar-refractivity contribution in [2.24, 2.45) is 0 Å². The highest BCUT2D eigenvalue weighted by molar-refractivity contribution is 7.99. The van der Waals surface area contributed by atoms with E-state index in [1.807, 2.05) is 30.3 Å². The number of thiazole rings is 1. The van der Waals surface area contributed by atoms with Crippen molar-refractivity contribution in [3.63, 3.8) is 0 Å². The molecular formula is C24H22N4O4S3. The number of fused-ring (bicyclic) bond motifs is 3. The Kier molecular flexibility index (Phi) is 6.98. The number of hydrogen-bond acceptors (Lipinski definition) is 9. The van der Waals surface area contributed by atoms with Crippen LogP contribution in [-0.2, 0) is 33.6 Å². The van der Waals surface area contributed by atoms with E-state index in [1.165, 1.54) is 28.0 Å². The van der Waals surface area contributed by atoms with E-state index >= 15 is 0 Å². The second-order valence-electron chi connectivity index (χ2n) is 7.87. The van der Waals surface area contributed by atoms with E-state index in [1.54, 1.807) is 28.2 Å². The molecular weight excluding hydrogens is 504 g/mol. The number of nitrogens with zero attached hydrogens (tertiary/aromatic N) is 3. The molecule has 5 rings (SSSR count). The Hall–Kier alpha value is -3.02. The lowest BCUT2D eigenvalue weighted by Gasteiger charge is -2.12. The summed E-state index contributed by atoms with van der Waals surface area (Å²) in [6, 6.07) is 9.38. The molecule has 0 spiro atoms. The maximum atomic E-state index is 13.6. The van der Waals surface area contributed by atoms with Crippen LogP contribution in [0.15, 0.2) is 45.7 Å². The Labute approximate surface area is 213 Å². The predicted molar refractivity (Wildman–Crippen MR) is 139 cm³/mol. The van der Waals surface area contributed by atoms with Gasteiger partial charge in [-0.1, -0.05) is 30.0 Å². The van der Waals surface area contributed by atoms with Crippen LogP contribution in [-0.4, -0.2) is 38.8 Å². The third-order valence-corrected chi connectivity index (χ3v) is 8.41. The van der Waals surface area contributed by atoms with Gasteiger partial charge < -0.3 is 10.1 Å². The summed E-state index contributed by atoms with van der Waals surface area (Å²) in [4.78, 5) is 49.0. The number of aromatic nitrogens is 3. The lowest BCUT2D eigenvalue weighted by Crippen LogP contribution is -2.23. The minimum atomic E-state index is -0.355. The van der Waals surface area contributed by atoms with Gasteiger partial charge in [0.25, 0.3) is 5.56 Å². The number of anilines is 1. The van der Waals surface area contributed by atoms with Crippen molar-refractivity contribution in [2.75, 3.05) is 17.7 Å². The zero-order chi connectivity index (χ0) is 24.4. The molecule has 1 aromatic carbocycles. The quantitative estimate of drug-likeness (QED) is 0.208. The first-order valence-electron chi connectivity index (χ1n) is 11.2. The van der Waals surface area contributed by atoms with E-state index in [4.69, 9.17) is 9.72 Å². The van der Waals surface area contributed by atoms with Crippen LogP contribution < -0.4 is 10.9 Å². The zero-order valence-electron chi connectivity index (χ0n) is 18.9. The highest BCUT2D eigenvalue weighted by Crippen LogP contribution is 2.36. The van der Waals surface area contributed by atoms with Crippen LogP contribution in [0.3, 0.4) is 0 Å². The van der Waals surface area contributed by atoms with E-state index in [9.17, 15) is 14.4 Å². The Morgan fingerprint density at radius 3 is 2.83 bits per heavy atom. The van der Waals surface area contributed by atoms with Crippen LogP contribution in [0.2, 0.25) is 0 Å². The topological polar surface area (TPSA) is 103 Å². The first-order chi connectivity index (χ1) is 17.0. The largest absolute Gasteiger partial charge is 0.466 e. The molecule has 0 radical (unpaired) electrons. The molecule has 1 aliphatic carbocycles. The summed E-state index contributed by atoms with van der Waals surface area (Å²) in [6.07, 6.45) is 3.02. The fourth-order valence-electron chi connectivity index (χ4n) is 4.02. The third-order valence-electron chi connectivity index (χ3n) is 5.48. The lowest BCUT2D eigenvalue weighted by molar-refractivity contribution is -0.142. The molecule has 11 heteroatoms. The van der Waals surface area contributed by atoms with Crippen LogP contribution in [0.5, 0.6) is 0 Å². The lowest BCUT2D eigenvalue weighted by atomic mass is 10.2. The fraction of sp³-hybridized carbons (Fsp3) is 0.292. The number of thiophene rings is 1. The molecule has 1 amide bonds. The molecule has 180 valence electrons. The highest BCUT2D eigenvalue weighted by Gasteiger charge is 2.24. The Balaban J connectivity index is 1.36. The van der Waals surface area contributed by atoms with E-state index in [0.29, 0.717) is 28.0 Å². The van der Waals surface area contributed by atoms with Gasteiger partial charge in [-0.2, -0.15) is 0 Å². The van der Waals surface area contributed by atoms with Gasteiger partial charge in [-0.15, -0.1) is 22.7 Å². The number of rotatable bonds is 8. The average molecular weight is 527 g/mol. The summed E-state index contributed by atoms with van der Waals surface area (Å²) in [5.74, 6) is -0.566. The zero-order valence-corrected chi connectivity index (χ0v) is 21.4. The summed E-state index contributed by atoms with van der Waals surface area (Å²) in [5, 5.41) is 6.08. The van der Waals surface area contributed by atoms with Crippen molar-refractivity contribution in [2.45, 2.75) is 37.8 Å². The Bertz CT molecular complexity index is 1460. The number of carbonyl (C=O) groups is 2. The van der Waals surface area contributed by atoms with Crippen molar-refractivity contribution in [1.82, 2.24) is 14.5 Å². The number of nitrogens with one attached hydrogen (secondary N) is 1. The normalized spacial score (nSPS) is 12.6. The second-order valence-corrected chi connectivity index (χ2v) is 10.8. The third kappa shape index (κ3) is 5.02. The van der Waals surface area contributed by atoms with Gasteiger partial charge in [0.1, 0.15) is 4.83 Å². The molecule has 0 saturated heterocycles. The summed E-state index contributed by atoms with van der Waals surface area (Å²) >= 11 is 4.04. The van der Waals surface area contributed by atoms with Crippen molar-refractivity contribution in [3.8, 4) is 5.69 Å². The summed E-state index contributed by atoms with van der Waals surface area (Å²) in [6.45, 7) is 2.06. The predicted octanol–water partition coefficient (Wildman–Crippen LogP) is 4.23. The molecule has 0 aliphatic heterocycles. The van der Waals surface area contributed by atoms with E-state index in [0.717, 1.165) is 35.3 Å². The van der Waals surface area contributed by atoms with Gasteiger partial charge in [0, 0.05) is 10.3 Å². The van der Waals surface area contributed by atoms with E-state index in [-0.39, 0.29) is 29.6 Å². The van der Waals surface area contributed by atoms with Crippen molar-refractivity contribution >= 4 is 61.7 Å². The standard InChI is InChI=1S/C24H22N4O4S3/c1-2-32-19(30)11-14-12-33-23(25-14)26-18(29)13-34-24-27-21-20(16-9-6-10-17(16)35-21)22(31)28(24)15-7-4-3-5-8-15/h3-5,7-8,12H,2,6,9-11,13H2,1H3,(H,25,26,29). The minimum absolute atomic E-state index is 0.0582. The second kappa shape index (κ2) is 10.3. The molecule has 0 atom stereocenters. The molecule has 1 aliphatic rings. The molecule has 0 bridgehead atoms. The fourth-order valence-corrected chi connectivity index (χ4v) is 6.86. The number of ether oxygens (including phenoxy) is 1. The molecule has 4 aromatic rings. The van der Waals surface area contributed by atoms with Gasteiger partial charge in [0.15, 0.2) is 10.3 Å². The maximum absolute atomic E-state index is 13.6.